The van der Waals surface area contributed by atoms with Crippen molar-refractivity contribution in [2.75, 3.05) is 11.9 Å². The van der Waals surface area contributed by atoms with Crippen molar-refractivity contribution in [2.24, 2.45) is 0 Å². The lowest BCUT2D eigenvalue weighted by molar-refractivity contribution is -0.137. The Morgan fingerprint density at radius 2 is 1.76 bits per heavy atom. The summed E-state index contributed by atoms with van der Waals surface area (Å²) in [7, 11) is 0. The van der Waals surface area contributed by atoms with E-state index >= 15 is 0 Å². The highest BCUT2D eigenvalue weighted by atomic mass is 32.1. The van der Waals surface area contributed by atoms with Crippen LogP contribution in [0.5, 0.6) is 0 Å². The second kappa shape index (κ2) is 11.3. The minimum Gasteiger partial charge on any atom is -0.352 e. The summed E-state index contributed by atoms with van der Waals surface area (Å²) < 4.78 is 56.7. The lowest BCUT2D eigenvalue weighted by atomic mass is 9.96. The maximum absolute atomic E-state index is 13.9. The molecule has 0 saturated carbocycles. The van der Waals surface area contributed by atoms with Crippen molar-refractivity contribution in [1.29, 1.82) is 0 Å². The van der Waals surface area contributed by atoms with Gasteiger partial charge in [-0.3, -0.25) is 9.78 Å². The SMILES string of the molecule is Cc1cc(C2C(c3ccccn3)NC(=S)N2CCC(=O)Nc2ccc(F)cc2)c(C)n1-c1ccccc1C(F)(F)F. The minimum absolute atomic E-state index is 0.0365. The number of thiocarbonyl (C=S) groups is 1. The van der Waals surface area contributed by atoms with Gasteiger partial charge in [0.25, 0.3) is 0 Å². The molecule has 1 saturated heterocycles. The van der Waals surface area contributed by atoms with Crippen molar-refractivity contribution in [3.05, 3.63) is 113 Å². The van der Waals surface area contributed by atoms with Gasteiger partial charge >= 0.3 is 6.18 Å². The van der Waals surface area contributed by atoms with E-state index in [1.54, 1.807) is 36.7 Å². The summed E-state index contributed by atoms with van der Waals surface area (Å²) >= 11 is 5.69. The number of hydrogen-bond donors (Lipinski definition) is 2. The summed E-state index contributed by atoms with van der Waals surface area (Å²) in [5.41, 5.74) is 2.49. The van der Waals surface area contributed by atoms with Gasteiger partial charge in [-0.15, -0.1) is 0 Å². The molecule has 2 unspecified atom stereocenters. The number of anilines is 1. The molecule has 0 aliphatic carbocycles. The topological polar surface area (TPSA) is 62.2 Å². The number of alkyl halides is 3. The van der Waals surface area contributed by atoms with Crippen molar-refractivity contribution in [2.45, 2.75) is 38.5 Å². The van der Waals surface area contributed by atoms with Crippen LogP contribution in [0.3, 0.4) is 0 Å². The Balaban J connectivity index is 1.51. The van der Waals surface area contributed by atoms with Crippen LogP contribution in [0.25, 0.3) is 5.69 Å². The Hall–Kier alpha value is -4.25. The van der Waals surface area contributed by atoms with Crippen LogP contribution in [-0.2, 0) is 11.0 Å². The van der Waals surface area contributed by atoms with Gasteiger partial charge in [-0.05, 0) is 86.2 Å². The molecule has 11 heteroatoms. The number of benzene rings is 2. The molecule has 1 aliphatic heterocycles. The fraction of sp³-hybridized carbons (Fsp3) is 0.233. The van der Waals surface area contributed by atoms with Crippen molar-refractivity contribution >= 4 is 28.9 Å². The van der Waals surface area contributed by atoms with Gasteiger partial charge in [-0.25, -0.2) is 4.39 Å². The van der Waals surface area contributed by atoms with Crippen LogP contribution >= 0.6 is 12.2 Å². The normalized spacial score (nSPS) is 17.0. The Labute approximate surface area is 240 Å². The molecule has 1 aliphatic rings. The lowest BCUT2D eigenvalue weighted by Gasteiger charge is -2.28. The summed E-state index contributed by atoms with van der Waals surface area (Å²) in [6.07, 6.45) is -2.80. The fourth-order valence-electron chi connectivity index (χ4n) is 5.33. The number of aromatic nitrogens is 2. The monoisotopic (exact) mass is 581 g/mol. The molecule has 41 heavy (non-hydrogen) atoms. The summed E-state index contributed by atoms with van der Waals surface area (Å²) in [5.74, 6) is -0.695. The average Bonchev–Trinajstić information content (AvgIpc) is 3.42. The summed E-state index contributed by atoms with van der Waals surface area (Å²) in [6, 6.07) is 17.5. The summed E-state index contributed by atoms with van der Waals surface area (Å²) in [5, 5.41) is 6.47. The fourth-order valence-corrected chi connectivity index (χ4v) is 5.66. The third kappa shape index (κ3) is 5.81. The zero-order valence-corrected chi connectivity index (χ0v) is 23.1. The molecule has 2 N–H and O–H groups in total. The number of carbonyl (C=O) groups excluding carboxylic acids is 1. The Morgan fingerprint density at radius 1 is 1.05 bits per heavy atom. The largest absolute Gasteiger partial charge is 0.418 e. The molecule has 6 nitrogen and oxygen atoms in total. The molecule has 2 aromatic carbocycles. The average molecular weight is 582 g/mol. The Bertz CT molecular complexity index is 1570. The number of nitrogens with one attached hydrogen (secondary N) is 2. The number of carbonyl (C=O) groups is 1. The number of amides is 1. The zero-order valence-electron chi connectivity index (χ0n) is 22.2. The van der Waals surface area contributed by atoms with Gasteiger partial charge < -0.3 is 20.1 Å². The van der Waals surface area contributed by atoms with Gasteiger partial charge in [0, 0.05) is 36.2 Å². The minimum atomic E-state index is -4.53. The second-order valence-electron chi connectivity index (χ2n) is 9.80. The van der Waals surface area contributed by atoms with Gasteiger partial charge in [0.2, 0.25) is 5.91 Å². The maximum Gasteiger partial charge on any atom is 0.418 e. The number of pyridine rings is 1. The number of hydrogen-bond acceptors (Lipinski definition) is 3. The lowest BCUT2D eigenvalue weighted by Crippen LogP contribution is -2.32. The molecule has 4 aromatic rings. The first-order valence-corrected chi connectivity index (χ1v) is 13.3. The van der Waals surface area contributed by atoms with Crippen LogP contribution in [0, 0.1) is 19.7 Å². The molecule has 3 heterocycles. The van der Waals surface area contributed by atoms with Gasteiger partial charge in [-0.2, -0.15) is 13.2 Å². The second-order valence-corrected chi connectivity index (χ2v) is 10.2. The molecule has 1 fully saturated rings. The summed E-state index contributed by atoms with van der Waals surface area (Å²) in [4.78, 5) is 19.2. The van der Waals surface area contributed by atoms with E-state index in [2.05, 4.69) is 15.6 Å². The number of rotatable bonds is 7. The standard InChI is InChI=1S/C30H27F4N5OS/c1-18-17-22(19(2)39(18)25-9-4-3-7-23(25)30(32,33)34)28-27(24-8-5-6-15-35-24)37-29(41)38(28)16-14-26(40)36-21-12-10-20(31)11-13-21/h3-13,15,17,27-28H,14,16H2,1-2H3,(H,36,40)(H,37,41). The molecule has 0 radical (unpaired) electrons. The first-order chi connectivity index (χ1) is 19.5. The number of halogens is 4. The van der Waals surface area contributed by atoms with Crippen LogP contribution < -0.4 is 10.6 Å². The quantitative estimate of drug-likeness (QED) is 0.189. The highest BCUT2D eigenvalue weighted by molar-refractivity contribution is 7.80. The predicted octanol–water partition coefficient (Wildman–Crippen LogP) is 6.65. The van der Waals surface area contributed by atoms with Crippen molar-refractivity contribution in [1.82, 2.24) is 19.8 Å². The van der Waals surface area contributed by atoms with E-state index in [0.29, 0.717) is 27.9 Å². The number of aryl methyl sites for hydroxylation is 1. The smallest absolute Gasteiger partial charge is 0.352 e. The molecular weight excluding hydrogens is 554 g/mol. The van der Waals surface area contributed by atoms with Gasteiger partial charge in [0.05, 0.1) is 29.0 Å². The predicted molar refractivity (Wildman–Crippen MR) is 152 cm³/mol. The van der Waals surface area contributed by atoms with Crippen LogP contribution in [0.2, 0.25) is 0 Å². The van der Waals surface area contributed by atoms with Crippen LogP contribution in [0.15, 0.2) is 79.0 Å². The molecule has 0 bridgehead atoms. The molecule has 1 amide bonds. The molecule has 5 rings (SSSR count). The van der Waals surface area contributed by atoms with Crippen LogP contribution in [-0.4, -0.2) is 32.0 Å². The molecule has 2 aromatic heterocycles. The van der Waals surface area contributed by atoms with E-state index in [9.17, 15) is 22.4 Å². The van der Waals surface area contributed by atoms with E-state index in [-0.39, 0.29) is 24.6 Å². The first kappa shape index (κ1) is 28.3. The van der Waals surface area contributed by atoms with E-state index in [1.807, 2.05) is 23.1 Å². The maximum atomic E-state index is 13.9. The van der Waals surface area contributed by atoms with Gasteiger partial charge in [-0.1, -0.05) is 18.2 Å². The van der Waals surface area contributed by atoms with E-state index in [4.69, 9.17) is 12.2 Å². The van der Waals surface area contributed by atoms with Crippen LogP contribution in [0.4, 0.5) is 23.2 Å². The van der Waals surface area contributed by atoms with E-state index in [1.165, 1.54) is 36.4 Å². The van der Waals surface area contributed by atoms with Crippen molar-refractivity contribution in [3.63, 3.8) is 0 Å². The van der Waals surface area contributed by atoms with Crippen molar-refractivity contribution in [3.8, 4) is 5.69 Å². The van der Waals surface area contributed by atoms with Crippen molar-refractivity contribution < 1.29 is 22.4 Å². The molecule has 212 valence electrons. The van der Waals surface area contributed by atoms with Gasteiger partial charge in [0.15, 0.2) is 5.11 Å². The Kier molecular flexibility index (Phi) is 7.81. The molecule has 0 spiro atoms. The third-order valence-corrected chi connectivity index (χ3v) is 7.50. The molecular formula is C30H27F4N5OS. The summed E-state index contributed by atoms with van der Waals surface area (Å²) in [6.45, 7) is 3.78. The number of para-hydroxylation sites is 1. The highest BCUT2D eigenvalue weighted by Crippen LogP contribution is 2.42. The van der Waals surface area contributed by atoms with E-state index < -0.39 is 29.6 Å². The zero-order chi connectivity index (χ0) is 29.3. The first-order valence-electron chi connectivity index (χ1n) is 12.9. The molecule has 2 atom stereocenters. The van der Waals surface area contributed by atoms with Crippen LogP contribution in [0.1, 0.15) is 46.7 Å². The van der Waals surface area contributed by atoms with E-state index in [0.717, 1.165) is 11.6 Å². The number of nitrogens with zero attached hydrogens (tertiary/aromatic N) is 3. The Morgan fingerprint density at radius 3 is 2.44 bits per heavy atom. The third-order valence-electron chi connectivity index (χ3n) is 7.14. The van der Waals surface area contributed by atoms with Gasteiger partial charge in [0.1, 0.15) is 5.82 Å². The highest BCUT2D eigenvalue weighted by Gasteiger charge is 2.42.